The van der Waals surface area contributed by atoms with Gasteiger partial charge in [0.05, 0.1) is 0 Å². The lowest BCUT2D eigenvalue weighted by molar-refractivity contribution is -0.148. The highest BCUT2D eigenvalue weighted by Crippen LogP contribution is 2.07. The predicted octanol–water partition coefficient (Wildman–Crippen LogP) is 0.938. The third-order valence-corrected chi connectivity index (χ3v) is 1.89. The van der Waals surface area contributed by atoms with Gasteiger partial charge in [0.2, 0.25) is 0 Å². The zero-order valence-corrected chi connectivity index (χ0v) is 7.80. The molecule has 1 aliphatic rings. The number of nitrogens with one attached hydrogen (secondary N) is 1. The van der Waals surface area contributed by atoms with Gasteiger partial charge in [-0.15, -0.1) is 0 Å². The molecule has 0 saturated carbocycles. The second kappa shape index (κ2) is 4.45. The maximum Gasteiger partial charge on any atom is 0.306 e. The van der Waals surface area contributed by atoms with Crippen molar-refractivity contribution in [3.05, 3.63) is 0 Å². The molecule has 0 unspecified atom stereocenters. The SMILES string of the molecule is CC(C)CC(=O)O[C@@H]1CCNC1. The van der Waals surface area contributed by atoms with E-state index in [1.807, 2.05) is 13.8 Å². The van der Waals surface area contributed by atoms with Crippen LogP contribution in [0.25, 0.3) is 0 Å². The molecule has 3 heteroatoms. The van der Waals surface area contributed by atoms with Gasteiger partial charge in [-0.1, -0.05) is 13.8 Å². The van der Waals surface area contributed by atoms with Crippen molar-refractivity contribution in [3.63, 3.8) is 0 Å². The summed E-state index contributed by atoms with van der Waals surface area (Å²) in [6, 6.07) is 0. The molecule has 3 nitrogen and oxygen atoms in total. The lowest BCUT2D eigenvalue weighted by atomic mass is 10.1. The van der Waals surface area contributed by atoms with Crippen LogP contribution in [0.3, 0.4) is 0 Å². The minimum Gasteiger partial charge on any atom is -0.461 e. The van der Waals surface area contributed by atoms with Crippen molar-refractivity contribution >= 4 is 5.97 Å². The molecular formula is C9H17NO2. The summed E-state index contributed by atoms with van der Waals surface area (Å²) in [7, 11) is 0. The van der Waals surface area contributed by atoms with Crippen molar-refractivity contribution in [1.82, 2.24) is 5.32 Å². The number of carbonyl (C=O) groups is 1. The van der Waals surface area contributed by atoms with Crippen LogP contribution in [0.5, 0.6) is 0 Å². The molecule has 1 N–H and O–H groups in total. The van der Waals surface area contributed by atoms with Gasteiger partial charge in [-0.3, -0.25) is 4.79 Å². The molecule has 1 saturated heterocycles. The first-order chi connectivity index (χ1) is 5.68. The average molecular weight is 171 g/mol. The number of ether oxygens (including phenoxy) is 1. The average Bonchev–Trinajstić information content (AvgIpc) is 2.37. The van der Waals surface area contributed by atoms with Crippen LogP contribution in [-0.2, 0) is 9.53 Å². The summed E-state index contributed by atoms with van der Waals surface area (Å²) in [5.41, 5.74) is 0. The minimum atomic E-state index is -0.0568. The maximum atomic E-state index is 11.2. The van der Waals surface area contributed by atoms with E-state index < -0.39 is 0 Å². The highest BCUT2D eigenvalue weighted by atomic mass is 16.5. The normalized spacial score (nSPS) is 23.1. The molecule has 12 heavy (non-hydrogen) atoms. The summed E-state index contributed by atoms with van der Waals surface area (Å²) < 4.78 is 5.22. The van der Waals surface area contributed by atoms with E-state index in [2.05, 4.69) is 5.32 Å². The van der Waals surface area contributed by atoms with Crippen molar-refractivity contribution < 1.29 is 9.53 Å². The first-order valence-corrected chi connectivity index (χ1v) is 4.58. The van der Waals surface area contributed by atoms with Gasteiger partial charge in [0, 0.05) is 13.0 Å². The van der Waals surface area contributed by atoms with E-state index >= 15 is 0 Å². The standard InChI is InChI=1S/C9H17NO2/c1-7(2)5-9(11)12-8-3-4-10-6-8/h7-8,10H,3-6H2,1-2H3/t8-/m1/s1. The fraction of sp³-hybridized carbons (Fsp3) is 0.889. The van der Waals surface area contributed by atoms with E-state index in [9.17, 15) is 4.79 Å². The van der Waals surface area contributed by atoms with E-state index in [0.29, 0.717) is 12.3 Å². The summed E-state index contributed by atoms with van der Waals surface area (Å²) in [5, 5.41) is 3.15. The first-order valence-electron chi connectivity index (χ1n) is 4.58. The van der Waals surface area contributed by atoms with Crippen molar-refractivity contribution in [2.24, 2.45) is 5.92 Å². The Morgan fingerprint density at radius 2 is 2.42 bits per heavy atom. The molecule has 1 atom stereocenters. The second-order valence-electron chi connectivity index (χ2n) is 3.70. The lowest BCUT2D eigenvalue weighted by Gasteiger charge is -2.11. The largest absolute Gasteiger partial charge is 0.461 e. The van der Waals surface area contributed by atoms with Crippen molar-refractivity contribution in [3.8, 4) is 0 Å². The Balaban J connectivity index is 2.16. The van der Waals surface area contributed by atoms with Gasteiger partial charge in [0.1, 0.15) is 6.10 Å². The Hall–Kier alpha value is -0.570. The van der Waals surface area contributed by atoms with Crippen LogP contribution in [0.4, 0.5) is 0 Å². The third-order valence-electron chi connectivity index (χ3n) is 1.89. The lowest BCUT2D eigenvalue weighted by Crippen LogP contribution is -2.21. The van der Waals surface area contributed by atoms with Gasteiger partial charge in [0.15, 0.2) is 0 Å². The molecule has 0 aromatic heterocycles. The molecule has 0 amide bonds. The van der Waals surface area contributed by atoms with Crippen LogP contribution >= 0.6 is 0 Å². The Kier molecular flexibility index (Phi) is 3.53. The van der Waals surface area contributed by atoms with Gasteiger partial charge in [-0.25, -0.2) is 0 Å². The highest BCUT2D eigenvalue weighted by molar-refractivity contribution is 5.69. The first kappa shape index (κ1) is 9.52. The molecule has 70 valence electrons. The Morgan fingerprint density at radius 1 is 1.67 bits per heavy atom. The van der Waals surface area contributed by atoms with E-state index in [-0.39, 0.29) is 12.1 Å². The Morgan fingerprint density at radius 3 is 2.92 bits per heavy atom. The van der Waals surface area contributed by atoms with Crippen molar-refractivity contribution in [2.75, 3.05) is 13.1 Å². The Bertz CT molecular complexity index is 151. The Labute approximate surface area is 73.5 Å². The van der Waals surface area contributed by atoms with Gasteiger partial charge in [-0.05, 0) is 18.9 Å². The molecule has 0 spiro atoms. The van der Waals surface area contributed by atoms with Crippen molar-refractivity contribution in [1.29, 1.82) is 0 Å². The van der Waals surface area contributed by atoms with Crippen molar-refractivity contribution in [2.45, 2.75) is 32.8 Å². The monoisotopic (exact) mass is 171 g/mol. The molecule has 1 aliphatic heterocycles. The summed E-state index contributed by atoms with van der Waals surface area (Å²) in [5.74, 6) is 0.338. The fourth-order valence-corrected chi connectivity index (χ4v) is 1.30. The number of carbonyl (C=O) groups excluding carboxylic acids is 1. The molecule has 0 aromatic rings. The molecule has 0 aromatic carbocycles. The third kappa shape index (κ3) is 3.22. The molecule has 0 radical (unpaired) electrons. The topological polar surface area (TPSA) is 38.3 Å². The smallest absolute Gasteiger partial charge is 0.306 e. The maximum absolute atomic E-state index is 11.2. The van der Waals surface area contributed by atoms with Crippen LogP contribution in [-0.4, -0.2) is 25.2 Å². The molecule has 0 aliphatic carbocycles. The van der Waals surface area contributed by atoms with Crippen LogP contribution in [0, 0.1) is 5.92 Å². The van der Waals surface area contributed by atoms with Gasteiger partial charge in [0.25, 0.3) is 0 Å². The van der Waals surface area contributed by atoms with E-state index in [0.717, 1.165) is 19.5 Å². The zero-order chi connectivity index (χ0) is 8.97. The summed E-state index contributed by atoms with van der Waals surface area (Å²) in [6.45, 7) is 5.84. The molecule has 1 fully saturated rings. The van der Waals surface area contributed by atoms with Gasteiger partial charge in [-0.2, -0.15) is 0 Å². The quantitative estimate of drug-likeness (QED) is 0.642. The zero-order valence-electron chi connectivity index (χ0n) is 7.80. The number of hydrogen-bond donors (Lipinski definition) is 1. The van der Waals surface area contributed by atoms with Gasteiger partial charge >= 0.3 is 5.97 Å². The highest BCUT2D eigenvalue weighted by Gasteiger charge is 2.18. The summed E-state index contributed by atoms with van der Waals surface area (Å²) in [4.78, 5) is 11.2. The van der Waals surface area contributed by atoms with Crippen LogP contribution in [0.2, 0.25) is 0 Å². The number of hydrogen-bond acceptors (Lipinski definition) is 3. The minimum absolute atomic E-state index is 0.0568. The predicted molar refractivity (Wildman–Crippen MR) is 46.8 cm³/mol. The second-order valence-corrected chi connectivity index (χ2v) is 3.70. The summed E-state index contributed by atoms with van der Waals surface area (Å²) >= 11 is 0. The molecule has 0 bridgehead atoms. The summed E-state index contributed by atoms with van der Waals surface area (Å²) in [6.07, 6.45) is 1.62. The van der Waals surface area contributed by atoms with E-state index in [1.165, 1.54) is 0 Å². The van der Waals surface area contributed by atoms with Gasteiger partial charge < -0.3 is 10.1 Å². The fourth-order valence-electron chi connectivity index (χ4n) is 1.30. The van der Waals surface area contributed by atoms with E-state index in [4.69, 9.17) is 4.74 Å². The molecule has 1 heterocycles. The van der Waals surface area contributed by atoms with Crippen LogP contribution in [0.15, 0.2) is 0 Å². The number of esters is 1. The molecular weight excluding hydrogens is 154 g/mol. The van der Waals surface area contributed by atoms with E-state index in [1.54, 1.807) is 0 Å². The molecule has 1 rings (SSSR count). The van der Waals surface area contributed by atoms with Crippen LogP contribution < -0.4 is 5.32 Å². The van der Waals surface area contributed by atoms with Crippen LogP contribution in [0.1, 0.15) is 26.7 Å². The number of rotatable bonds is 3.